The molecule has 1 fully saturated rings. The Labute approximate surface area is 172 Å². The number of carboxylic acid groups (broad SMARTS) is 1. The molecule has 4 rings (SSSR count). The summed E-state index contributed by atoms with van der Waals surface area (Å²) in [5.41, 5.74) is 4.51. The van der Waals surface area contributed by atoms with Gasteiger partial charge in [-0.15, -0.1) is 12.4 Å². The van der Waals surface area contributed by atoms with Crippen LogP contribution in [0.25, 0.3) is 5.57 Å². The number of benzene rings is 2. The molecule has 0 aromatic heterocycles. The topological polar surface area (TPSA) is 49.8 Å². The summed E-state index contributed by atoms with van der Waals surface area (Å²) in [6, 6.07) is 17.0. The van der Waals surface area contributed by atoms with Crippen molar-refractivity contribution in [3.63, 3.8) is 0 Å². The highest BCUT2D eigenvalue weighted by atomic mass is 35.5. The fraction of sp³-hybridized carbons (Fsp3) is 0.348. The van der Waals surface area contributed by atoms with Crippen LogP contribution in [0.15, 0.2) is 54.6 Å². The summed E-state index contributed by atoms with van der Waals surface area (Å²) in [4.78, 5) is 13.0. The molecule has 2 aliphatic heterocycles. The molecule has 2 aromatic rings. The van der Waals surface area contributed by atoms with E-state index >= 15 is 0 Å². The molecule has 28 heavy (non-hydrogen) atoms. The third-order valence-electron chi connectivity index (χ3n) is 5.63. The molecule has 1 N–H and O–H groups in total. The SMILES string of the molecule is CCc1ccc(C2=CC3(CCN(CC(=O)O)CC3)Oc3ccccc32)cc1.Cl. The zero-order valence-corrected chi connectivity index (χ0v) is 16.9. The summed E-state index contributed by atoms with van der Waals surface area (Å²) in [6.45, 7) is 3.72. The molecule has 2 aromatic carbocycles. The number of carboxylic acids is 1. The van der Waals surface area contributed by atoms with Crippen LogP contribution in [-0.2, 0) is 11.2 Å². The Morgan fingerprint density at radius 2 is 1.79 bits per heavy atom. The number of para-hydroxylation sites is 1. The van der Waals surface area contributed by atoms with E-state index in [1.807, 2.05) is 23.1 Å². The van der Waals surface area contributed by atoms with Crippen LogP contribution in [0, 0.1) is 0 Å². The second kappa shape index (κ2) is 8.38. The van der Waals surface area contributed by atoms with Crippen molar-refractivity contribution in [1.82, 2.24) is 4.90 Å². The highest BCUT2D eigenvalue weighted by Crippen LogP contribution is 2.43. The maximum Gasteiger partial charge on any atom is 0.317 e. The Bertz CT molecular complexity index is 868. The zero-order valence-electron chi connectivity index (χ0n) is 16.1. The van der Waals surface area contributed by atoms with E-state index in [4.69, 9.17) is 9.84 Å². The second-order valence-corrected chi connectivity index (χ2v) is 7.44. The van der Waals surface area contributed by atoms with E-state index in [2.05, 4.69) is 43.3 Å². The minimum Gasteiger partial charge on any atom is -0.482 e. The number of hydrogen-bond donors (Lipinski definition) is 1. The molecule has 0 radical (unpaired) electrons. The predicted octanol–water partition coefficient (Wildman–Crippen LogP) is 4.41. The summed E-state index contributed by atoms with van der Waals surface area (Å²) in [7, 11) is 0. The zero-order chi connectivity index (χ0) is 18.9. The third kappa shape index (κ3) is 4.08. The van der Waals surface area contributed by atoms with Crippen molar-refractivity contribution in [2.75, 3.05) is 19.6 Å². The van der Waals surface area contributed by atoms with E-state index in [0.29, 0.717) is 0 Å². The highest BCUT2D eigenvalue weighted by Gasteiger charge is 2.39. The molecular weight excluding hydrogens is 374 g/mol. The van der Waals surface area contributed by atoms with Crippen LogP contribution in [0.2, 0.25) is 0 Å². The second-order valence-electron chi connectivity index (χ2n) is 7.44. The van der Waals surface area contributed by atoms with Gasteiger partial charge in [-0.3, -0.25) is 9.69 Å². The van der Waals surface area contributed by atoms with Gasteiger partial charge in [0.25, 0.3) is 0 Å². The van der Waals surface area contributed by atoms with Crippen LogP contribution in [-0.4, -0.2) is 41.2 Å². The van der Waals surface area contributed by atoms with E-state index in [1.54, 1.807) is 0 Å². The lowest BCUT2D eigenvalue weighted by atomic mass is 9.83. The van der Waals surface area contributed by atoms with Gasteiger partial charge in [0.1, 0.15) is 11.4 Å². The van der Waals surface area contributed by atoms with Crippen molar-refractivity contribution in [1.29, 1.82) is 0 Å². The average Bonchev–Trinajstić information content (AvgIpc) is 2.69. The number of fused-ring (bicyclic) bond motifs is 1. The molecule has 2 heterocycles. The number of ether oxygens (including phenoxy) is 1. The summed E-state index contributed by atoms with van der Waals surface area (Å²) in [6.07, 6.45) is 4.90. The molecule has 0 bridgehead atoms. The molecule has 4 nitrogen and oxygen atoms in total. The number of hydrogen-bond acceptors (Lipinski definition) is 3. The predicted molar refractivity (Wildman–Crippen MR) is 113 cm³/mol. The van der Waals surface area contributed by atoms with Crippen LogP contribution in [0.4, 0.5) is 0 Å². The van der Waals surface area contributed by atoms with Crippen molar-refractivity contribution >= 4 is 23.9 Å². The van der Waals surface area contributed by atoms with E-state index in [-0.39, 0.29) is 24.6 Å². The lowest BCUT2D eigenvalue weighted by Gasteiger charge is -2.42. The van der Waals surface area contributed by atoms with Crippen LogP contribution < -0.4 is 4.74 Å². The molecule has 1 saturated heterocycles. The number of nitrogens with zero attached hydrogens (tertiary/aromatic N) is 1. The summed E-state index contributed by atoms with van der Waals surface area (Å²) < 4.78 is 6.46. The molecule has 0 aliphatic carbocycles. The molecule has 148 valence electrons. The van der Waals surface area contributed by atoms with Crippen molar-refractivity contribution in [3.05, 3.63) is 71.3 Å². The summed E-state index contributed by atoms with van der Waals surface area (Å²) in [5, 5.41) is 9.05. The summed E-state index contributed by atoms with van der Waals surface area (Å²) >= 11 is 0. The Morgan fingerprint density at radius 1 is 1.11 bits per heavy atom. The van der Waals surface area contributed by atoms with Crippen LogP contribution >= 0.6 is 12.4 Å². The van der Waals surface area contributed by atoms with Crippen LogP contribution in [0.1, 0.15) is 36.5 Å². The first-order valence-corrected chi connectivity index (χ1v) is 9.63. The van der Waals surface area contributed by atoms with Crippen LogP contribution in [0.3, 0.4) is 0 Å². The van der Waals surface area contributed by atoms with Crippen LogP contribution in [0.5, 0.6) is 5.75 Å². The van der Waals surface area contributed by atoms with Gasteiger partial charge in [0.15, 0.2) is 0 Å². The maximum absolute atomic E-state index is 11.0. The number of rotatable bonds is 4. The van der Waals surface area contributed by atoms with Crippen molar-refractivity contribution in [3.8, 4) is 5.75 Å². The monoisotopic (exact) mass is 399 g/mol. The van der Waals surface area contributed by atoms with E-state index < -0.39 is 5.97 Å². The molecule has 0 saturated carbocycles. The average molecular weight is 400 g/mol. The molecule has 0 amide bonds. The lowest BCUT2D eigenvalue weighted by Crippen LogP contribution is -2.49. The van der Waals surface area contributed by atoms with Gasteiger partial charge in [0.2, 0.25) is 0 Å². The first-order chi connectivity index (χ1) is 13.1. The molecular formula is C23H26ClNO3. The molecule has 2 aliphatic rings. The van der Waals surface area contributed by atoms with Gasteiger partial charge < -0.3 is 9.84 Å². The number of carbonyl (C=O) groups is 1. The Balaban J connectivity index is 0.00000225. The molecule has 1 spiro atoms. The van der Waals surface area contributed by atoms with Gasteiger partial charge in [0, 0.05) is 31.5 Å². The normalized spacial score (nSPS) is 17.8. The van der Waals surface area contributed by atoms with Gasteiger partial charge >= 0.3 is 5.97 Å². The molecule has 0 atom stereocenters. The lowest BCUT2D eigenvalue weighted by molar-refractivity contribution is -0.139. The number of aryl methyl sites for hydroxylation is 1. The van der Waals surface area contributed by atoms with Gasteiger partial charge in [-0.05, 0) is 35.3 Å². The van der Waals surface area contributed by atoms with Crippen molar-refractivity contribution in [2.24, 2.45) is 0 Å². The number of piperidine rings is 1. The molecule has 0 unspecified atom stereocenters. The first-order valence-electron chi connectivity index (χ1n) is 9.63. The van der Waals surface area contributed by atoms with Gasteiger partial charge in [-0.2, -0.15) is 0 Å². The first kappa shape index (κ1) is 20.4. The quantitative estimate of drug-likeness (QED) is 0.827. The smallest absolute Gasteiger partial charge is 0.317 e. The molecule has 5 heteroatoms. The largest absolute Gasteiger partial charge is 0.482 e. The number of aliphatic carboxylic acids is 1. The standard InChI is InChI=1S/C23H25NO3.ClH/c1-2-17-7-9-18(10-8-17)20-15-23(27-21-6-4-3-5-19(20)21)11-13-24(14-12-23)16-22(25)26;/h3-10,15H,2,11-14,16H2,1H3,(H,25,26);1H. The fourth-order valence-electron chi connectivity index (χ4n) is 4.05. The fourth-order valence-corrected chi connectivity index (χ4v) is 4.05. The van der Waals surface area contributed by atoms with Crippen molar-refractivity contribution < 1.29 is 14.6 Å². The van der Waals surface area contributed by atoms with Gasteiger partial charge in [-0.25, -0.2) is 0 Å². The number of halogens is 1. The third-order valence-corrected chi connectivity index (χ3v) is 5.63. The minimum absolute atomic E-state index is 0. The summed E-state index contributed by atoms with van der Waals surface area (Å²) in [5.74, 6) is 0.148. The Hall–Kier alpha value is -2.30. The highest BCUT2D eigenvalue weighted by molar-refractivity contribution is 5.85. The maximum atomic E-state index is 11.0. The number of likely N-dealkylation sites (tertiary alicyclic amines) is 1. The van der Waals surface area contributed by atoms with Gasteiger partial charge in [0.05, 0.1) is 6.54 Å². The van der Waals surface area contributed by atoms with Crippen molar-refractivity contribution in [2.45, 2.75) is 31.8 Å². The van der Waals surface area contributed by atoms with Gasteiger partial charge in [-0.1, -0.05) is 49.4 Å². The Morgan fingerprint density at radius 3 is 2.43 bits per heavy atom. The van der Waals surface area contributed by atoms with E-state index in [9.17, 15) is 4.79 Å². The Kier molecular flexibility index (Phi) is 6.11. The minimum atomic E-state index is -0.770. The van der Waals surface area contributed by atoms with E-state index in [0.717, 1.165) is 43.7 Å². The van der Waals surface area contributed by atoms with E-state index in [1.165, 1.54) is 16.7 Å².